The number of fused-ring (bicyclic) bond motifs is 1. The van der Waals surface area contributed by atoms with Crippen LogP contribution in [0.25, 0.3) is 11.0 Å². The molecule has 8 heteroatoms. The summed E-state index contributed by atoms with van der Waals surface area (Å²) in [7, 11) is 0. The first-order valence-electron chi connectivity index (χ1n) is 11.7. The molecule has 1 amide bonds. The predicted molar refractivity (Wildman–Crippen MR) is 136 cm³/mol. The first-order valence-corrected chi connectivity index (χ1v) is 12.1. The van der Waals surface area contributed by atoms with E-state index in [1.165, 1.54) is 17.7 Å². The van der Waals surface area contributed by atoms with Gasteiger partial charge in [-0.3, -0.25) is 4.79 Å². The highest BCUT2D eigenvalue weighted by Gasteiger charge is 2.24. The van der Waals surface area contributed by atoms with Crippen molar-refractivity contribution in [3.8, 4) is 0 Å². The van der Waals surface area contributed by atoms with Crippen LogP contribution in [0.4, 0.5) is 8.78 Å². The Bertz CT molecular complexity index is 1340. The fourth-order valence-corrected chi connectivity index (χ4v) is 4.28. The zero-order valence-corrected chi connectivity index (χ0v) is 20.5. The first kappa shape index (κ1) is 25.8. The van der Waals surface area contributed by atoms with Gasteiger partial charge in [-0.25, -0.2) is 8.78 Å². The minimum absolute atomic E-state index is 0.0145. The number of furan rings is 1. The van der Waals surface area contributed by atoms with Gasteiger partial charge in [-0.15, -0.1) is 0 Å². The second-order valence-corrected chi connectivity index (χ2v) is 9.16. The molecule has 1 heterocycles. The molecule has 0 aliphatic rings. The Morgan fingerprint density at radius 1 is 1.00 bits per heavy atom. The largest absolute Gasteiger partial charge is 0.451 e. The molecule has 3 N–H and O–H groups in total. The molecule has 1 aromatic heterocycles. The number of amides is 1. The van der Waals surface area contributed by atoms with Crippen LogP contribution in [0.5, 0.6) is 0 Å². The standard InChI is InChI=1S/C28H27ClF2N2O3/c1-2-17-4-3-5-18(8-17)15-32-16-25(34)24(11-19-9-22(30)14-23(31)10-19)33-28(35)27-13-20-12-21(29)6-7-26(20)36-27/h3-10,12-14,24-25,32,34H,2,11,15-16H2,1H3,(H,33,35)/t24-,25+/m0/s1. The molecule has 4 aromatic rings. The molecule has 0 aliphatic heterocycles. The van der Waals surface area contributed by atoms with E-state index in [2.05, 4.69) is 23.6 Å². The van der Waals surface area contributed by atoms with Crippen molar-refractivity contribution in [2.24, 2.45) is 0 Å². The van der Waals surface area contributed by atoms with E-state index < -0.39 is 29.7 Å². The molecular weight excluding hydrogens is 486 g/mol. The molecule has 5 nitrogen and oxygen atoms in total. The number of benzene rings is 3. The van der Waals surface area contributed by atoms with Gasteiger partial charge in [-0.05, 0) is 65.9 Å². The molecule has 0 aliphatic carbocycles. The molecule has 4 rings (SSSR count). The Balaban J connectivity index is 1.48. The summed E-state index contributed by atoms with van der Waals surface area (Å²) >= 11 is 6.02. The fourth-order valence-electron chi connectivity index (χ4n) is 4.10. The van der Waals surface area contributed by atoms with Crippen LogP contribution >= 0.6 is 11.6 Å². The van der Waals surface area contributed by atoms with Crippen molar-refractivity contribution in [3.63, 3.8) is 0 Å². The highest BCUT2D eigenvalue weighted by atomic mass is 35.5. The number of nitrogens with one attached hydrogen (secondary N) is 2. The first-order chi connectivity index (χ1) is 17.3. The van der Waals surface area contributed by atoms with Crippen molar-refractivity contribution in [2.75, 3.05) is 6.54 Å². The topological polar surface area (TPSA) is 74.5 Å². The van der Waals surface area contributed by atoms with Crippen molar-refractivity contribution < 1.29 is 23.1 Å². The lowest BCUT2D eigenvalue weighted by Gasteiger charge is -2.24. The van der Waals surface area contributed by atoms with Gasteiger partial charge in [0.15, 0.2) is 5.76 Å². The third kappa shape index (κ3) is 6.69. The maximum absolute atomic E-state index is 13.8. The Kier molecular flexibility index (Phi) is 8.36. The number of aliphatic hydroxyl groups is 1. The van der Waals surface area contributed by atoms with Crippen molar-refractivity contribution in [3.05, 3.63) is 106 Å². The van der Waals surface area contributed by atoms with Crippen molar-refractivity contribution >= 4 is 28.5 Å². The van der Waals surface area contributed by atoms with E-state index in [1.54, 1.807) is 24.3 Å². The SMILES string of the molecule is CCc1cccc(CNC[C@@H](O)[C@H](Cc2cc(F)cc(F)c2)NC(=O)c2cc3cc(Cl)ccc3o2)c1. The van der Waals surface area contributed by atoms with Crippen molar-refractivity contribution in [1.82, 2.24) is 10.6 Å². The molecular formula is C28H27ClF2N2O3. The number of carbonyl (C=O) groups excluding carboxylic acids is 1. The predicted octanol–water partition coefficient (Wildman–Crippen LogP) is 5.42. The van der Waals surface area contributed by atoms with Crippen LogP contribution in [0.1, 0.15) is 34.2 Å². The van der Waals surface area contributed by atoms with E-state index in [9.17, 15) is 18.7 Å². The maximum Gasteiger partial charge on any atom is 0.287 e. The number of hydrogen-bond donors (Lipinski definition) is 3. The van der Waals surface area contributed by atoms with Crippen LogP contribution in [-0.4, -0.2) is 29.7 Å². The van der Waals surface area contributed by atoms with E-state index in [-0.39, 0.29) is 18.7 Å². The average molecular weight is 513 g/mol. The van der Waals surface area contributed by atoms with E-state index in [0.717, 1.165) is 18.1 Å². The smallest absolute Gasteiger partial charge is 0.287 e. The van der Waals surface area contributed by atoms with Crippen LogP contribution in [0, 0.1) is 11.6 Å². The van der Waals surface area contributed by atoms with Crippen LogP contribution < -0.4 is 10.6 Å². The van der Waals surface area contributed by atoms with E-state index >= 15 is 0 Å². The lowest BCUT2D eigenvalue weighted by Crippen LogP contribution is -2.48. The molecule has 0 fully saturated rings. The van der Waals surface area contributed by atoms with Gasteiger partial charge in [0.25, 0.3) is 5.91 Å². The second-order valence-electron chi connectivity index (χ2n) is 8.73. The van der Waals surface area contributed by atoms with Gasteiger partial charge < -0.3 is 20.2 Å². The summed E-state index contributed by atoms with van der Waals surface area (Å²) in [5, 5.41) is 18.1. The van der Waals surface area contributed by atoms with E-state index in [4.69, 9.17) is 16.0 Å². The summed E-state index contributed by atoms with van der Waals surface area (Å²) in [4.78, 5) is 13.0. The summed E-state index contributed by atoms with van der Waals surface area (Å²) in [6.07, 6.45) is -0.114. The van der Waals surface area contributed by atoms with Gasteiger partial charge >= 0.3 is 0 Å². The Morgan fingerprint density at radius 2 is 1.75 bits per heavy atom. The normalized spacial score (nSPS) is 13.0. The third-order valence-electron chi connectivity index (χ3n) is 5.94. The Hall–Kier alpha value is -3.26. The number of aryl methyl sites for hydroxylation is 1. The van der Waals surface area contributed by atoms with Gasteiger partial charge in [0.05, 0.1) is 12.1 Å². The molecule has 0 radical (unpaired) electrons. The lowest BCUT2D eigenvalue weighted by molar-refractivity contribution is 0.0806. The molecule has 36 heavy (non-hydrogen) atoms. The van der Waals surface area contributed by atoms with Crippen molar-refractivity contribution in [2.45, 2.75) is 38.5 Å². The molecule has 0 saturated carbocycles. The number of hydrogen-bond acceptors (Lipinski definition) is 4. The second kappa shape index (κ2) is 11.6. The number of rotatable bonds is 10. The maximum atomic E-state index is 13.8. The number of aliphatic hydroxyl groups excluding tert-OH is 1. The molecule has 0 unspecified atom stereocenters. The Morgan fingerprint density at radius 3 is 2.50 bits per heavy atom. The third-order valence-corrected chi connectivity index (χ3v) is 6.18. The molecule has 3 aromatic carbocycles. The fraction of sp³-hybridized carbons (Fsp3) is 0.250. The van der Waals surface area contributed by atoms with Crippen LogP contribution in [0.3, 0.4) is 0 Å². The summed E-state index contributed by atoms with van der Waals surface area (Å²) in [5.74, 6) is -1.97. The summed E-state index contributed by atoms with van der Waals surface area (Å²) in [6, 6.07) is 17.0. The number of carbonyl (C=O) groups is 1. The molecule has 0 bridgehead atoms. The van der Waals surface area contributed by atoms with Crippen LogP contribution in [-0.2, 0) is 19.4 Å². The van der Waals surface area contributed by atoms with Gasteiger partial charge in [-0.2, -0.15) is 0 Å². The quantitative estimate of drug-likeness (QED) is 0.265. The summed E-state index contributed by atoms with van der Waals surface area (Å²) in [5.41, 5.74) is 3.07. The minimum atomic E-state index is -1.05. The Labute approximate surface area is 213 Å². The van der Waals surface area contributed by atoms with Gasteiger partial charge in [0.2, 0.25) is 0 Å². The van der Waals surface area contributed by atoms with Crippen LogP contribution in [0.2, 0.25) is 5.02 Å². The lowest BCUT2D eigenvalue weighted by atomic mass is 10.00. The zero-order valence-electron chi connectivity index (χ0n) is 19.7. The summed E-state index contributed by atoms with van der Waals surface area (Å²) < 4.78 is 33.2. The number of halogens is 3. The summed E-state index contributed by atoms with van der Waals surface area (Å²) in [6.45, 7) is 2.74. The zero-order chi connectivity index (χ0) is 25.7. The van der Waals surface area contributed by atoms with Gasteiger partial charge in [0, 0.05) is 29.6 Å². The molecule has 188 valence electrons. The van der Waals surface area contributed by atoms with E-state index in [1.807, 2.05) is 18.2 Å². The highest BCUT2D eigenvalue weighted by molar-refractivity contribution is 6.31. The molecule has 2 atom stereocenters. The monoisotopic (exact) mass is 512 g/mol. The van der Waals surface area contributed by atoms with Gasteiger partial charge in [-0.1, -0.05) is 42.8 Å². The average Bonchev–Trinajstić information content (AvgIpc) is 3.26. The van der Waals surface area contributed by atoms with E-state index in [0.29, 0.717) is 28.1 Å². The molecule has 0 spiro atoms. The molecule has 0 saturated heterocycles. The van der Waals surface area contributed by atoms with Crippen LogP contribution in [0.15, 0.2) is 71.1 Å². The minimum Gasteiger partial charge on any atom is -0.451 e. The van der Waals surface area contributed by atoms with Crippen molar-refractivity contribution in [1.29, 1.82) is 0 Å². The van der Waals surface area contributed by atoms with Gasteiger partial charge in [0.1, 0.15) is 17.2 Å². The highest BCUT2D eigenvalue weighted by Crippen LogP contribution is 2.23.